The van der Waals surface area contributed by atoms with Crippen molar-refractivity contribution in [2.45, 2.75) is 19.5 Å². The quantitative estimate of drug-likeness (QED) is 0.711. The van der Waals surface area contributed by atoms with Crippen LogP contribution in [0.25, 0.3) is 10.2 Å². The lowest BCUT2D eigenvalue weighted by molar-refractivity contribution is -0.137. The van der Waals surface area contributed by atoms with E-state index in [1.54, 1.807) is 18.2 Å². The smallest absolute Gasteiger partial charge is 0.322 e. The van der Waals surface area contributed by atoms with Gasteiger partial charge in [0.2, 0.25) is 0 Å². The monoisotopic (exact) mass is 350 g/mol. The molecular weight excluding hydrogens is 337 g/mol. The number of thiazole rings is 1. The molecule has 3 nitrogen and oxygen atoms in total. The van der Waals surface area contributed by atoms with Crippen LogP contribution in [0.5, 0.6) is 0 Å². The topological polar surface area (TPSA) is 42.0 Å². The van der Waals surface area contributed by atoms with Crippen molar-refractivity contribution in [3.63, 3.8) is 0 Å². The molecule has 0 saturated carbocycles. The second kappa shape index (κ2) is 6.24. The van der Waals surface area contributed by atoms with Gasteiger partial charge in [0.1, 0.15) is 0 Å². The fourth-order valence-corrected chi connectivity index (χ4v) is 3.27. The summed E-state index contributed by atoms with van der Waals surface area (Å²) in [4.78, 5) is 16.7. The Balaban J connectivity index is 1.90. The van der Waals surface area contributed by atoms with E-state index in [9.17, 15) is 18.0 Å². The lowest BCUT2D eigenvalue weighted by atomic mass is 10.1. The first-order valence-corrected chi connectivity index (χ1v) is 8.07. The van der Waals surface area contributed by atoms with Gasteiger partial charge in [-0.25, -0.2) is 4.98 Å². The molecule has 7 heteroatoms. The zero-order valence-corrected chi connectivity index (χ0v) is 13.5. The van der Waals surface area contributed by atoms with E-state index >= 15 is 0 Å². The zero-order valence-electron chi connectivity index (χ0n) is 12.6. The summed E-state index contributed by atoms with van der Waals surface area (Å²) in [5, 5.41) is 3.50. The number of nitrogens with zero attached hydrogens (tertiary/aromatic N) is 1. The summed E-state index contributed by atoms with van der Waals surface area (Å²) in [6, 6.07) is 9.83. The molecule has 0 unspecified atom stereocenters. The molecule has 0 bridgehead atoms. The molecule has 1 N–H and O–H groups in total. The fourth-order valence-electron chi connectivity index (χ4n) is 2.33. The maximum Gasteiger partial charge on any atom is 0.417 e. The highest BCUT2D eigenvalue weighted by Gasteiger charge is 2.34. The predicted molar refractivity (Wildman–Crippen MR) is 88.4 cm³/mol. The zero-order chi connectivity index (χ0) is 17.3. The van der Waals surface area contributed by atoms with Gasteiger partial charge in [-0.2, -0.15) is 13.2 Å². The van der Waals surface area contributed by atoms with Gasteiger partial charge in [-0.1, -0.05) is 19.1 Å². The van der Waals surface area contributed by atoms with Gasteiger partial charge in [0.25, 0.3) is 5.91 Å². The number of aromatic nitrogens is 1. The summed E-state index contributed by atoms with van der Waals surface area (Å²) in [6.07, 6.45) is -3.77. The molecule has 0 spiro atoms. The van der Waals surface area contributed by atoms with Crippen LogP contribution in [0.1, 0.15) is 27.9 Å². The van der Waals surface area contributed by atoms with Crippen LogP contribution in [0.15, 0.2) is 42.5 Å². The Morgan fingerprint density at radius 3 is 2.67 bits per heavy atom. The van der Waals surface area contributed by atoms with Crippen molar-refractivity contribution < 1.29 is 18.0 Å². The van der Waals surface area contributed by atoms with Crippen LogP contribution < -0.4 is 5.32 Å². The SMILES string of the molecule is CCc1nc2ccc(NC(=O)c3ccccc3C(F)(F)F)cc2s1. The molecule has 0 aliphatic carbocycles. The lowest BCUT2D eigenvalue weighted by Gasteiger charge is -2.12. The van der Waals surface area contributed by atoms with E-state index in [-0.39, 0.29) is 0 Å². The lowest BCUT2D eigenvalue weighted by Crippen LogP contribution is -2.18. The van der Waals surface area contributed by atoms with E-state index in [0.717, 1.165) is 27.7 Å². The minimum absolute atomic E-state index is 0.399. The maximum atomic E-state index is 13.0. The molecule has 0 radical (unpaired) electrons. The van der Waals surface area contributed by atoms with Gasteiger partial charge in [0.05, 0.1) is 26.4 Å². The van der Waals surface area contributed by atoms with Crippen molar-refractivity contribution in [1.29, 1.82) is 0 Å². The van der Waals surface area contributed by atoms with Gasteiger partial charge in [-0.3, -0.25) is 4.79 Å². The molecule has 0 fully saturated rings. The second-order valence-corrected chi connectivity index (χ2v) is 6.26. The summed E-state index contributed by atoms with van der Waals surface area (Å²) in [6.45, 7) is 1.99. The third-order valence-corrected chi connectivity index (χ3v) is 4.63. The fraction of sp³-hybridized carbons (Fsp3) is 0.176. The molecule has 0 aliphatic heterocycles. The molecule has 0 aliphatic rings. The van der Waals surface area contributed by atoms with E-state index in [1.807, 2.05) is 6.92 Å². The summed E-state index contributed by atoms with van der Waals surface area (Å²) >= 11 is 1.50. The average Bonchev–Trinajstić information content (AvgIpc) is 2.96. The van der Waals surface area contributed by atoms with E-state index in [1.165, 1.54) is 29.5 Å². The molecule has 24 heavy (non-hydrogen) atoms. The molecule has 124 valence electrons. The number of carbonyl (C=O) groups excluding carboxylic acids is 1. The molecule has 3 rings (SSSR count). The Bertz CT molecular complexity index is 902. The average molecular weight is 350 g/mol. The van der Waals surface area contributed by atoms with Crippen LogP contribution >= 0.6 is 11.3 Å². The van der Waals surface area contributed by atoms with Crippen molar-refractivity contribution in [3.05, 3.63) is 58.6 Å². The summed E-state index contributed by atoms with van der Waals surface area (Å²) in [7, 11) is 0. The number of carbonyl (C=O) groups is 1. The first-order valence-electron chi connectivity index (χ1n) is 7.25. The molecule has 0 saturated heterocycles. The minimum atomic E-state index is -4.58. The Hall–Kier alpha value is -2.41. The van der Waals surface area contributed by atoms with E-state index in [0.29, 0.717) is 5.69 Å². The van der Waals surface area contributed by atoms with Crippen molar-refractivity contribution >= 4 is 33.1 Å². The van der Waals surface area contributed by atoms with Crippen molar-refractivity contribution in [1.82, 2.24) is 4.98 Å². The van der Waals surface area contributed by atoms with Gasteiger partial charge in [-0.15, -0.1) is 11.3 Å². The molecule has 3 aromatic rings. The third kappa shape index (κ3) is 3.26. The number of fused-ring (bicyclic) bond motifs is 1. The summed E-state index contributed by atoms with van der Waals surface area (Å²) < 4.78 is 39.9. The second-order valence-electron chi connectivity index (χ2n) is 5.14. The van der Waals surface area contributed by atoms with Gasteiger partial charge in [0, 0.05) is 5.69 Å². The number of nitrogens with one attached hydrogen (secondary N) is 1. The number of aryl methyl sites for hydroxylation is 1. The molecule has 1 heterocycles. The molecule has 2 aromatic carbocycles. The Morgan fingerprint density at radius 2 is 1.96 bits per heavy atom. The van der Waals surface area contributed by atoms with E-state index < -0.39 is 23.2 Å². The van der Waals surface area contributed by atoms with Gasteiger partial charge < -0.3 is 5.32 Å². The number of rotatable bonds is 3. The number of benzene rings is 2. The number of hydrogen-bond acceptors (Lipinski definition) is 3. The van der Waals surface area contributed by atoms with Crippen LogP contribution in [-0.4, -0.2) is 10.9 Å². The minimum Gasteiger partial charge on any atom is -0.322 e. The van der Waals surface area contributed by atoms with Crippen molar-refractivity contribution in [2.24, 2.45) is 0 Å². The van der Waals surface area contributed by atoms with E-state index in [2.05, 4.69) is 10.3 Å². The van der Waals surface area contributed by atoms with Crippen LogP contribution in [0.3, 0.4) is 0 Å². The first kappa shape index (κ1) is 16.4. The number of hydrogen-bond donors (Lipinski definition) is 1. The van der Waals surface area contributed by atoms with Crippen molar-refractivity contribution in [2.75, 3.05) is 5.32 Å². The van der Waals surface area contributed by atoms with Gasteiger partial charge >= 0.3 is 6.18 Å². The van der Waals surface area contributed by atoms with Crippen LogP contribution in [0.4, 0.5) is 18.9 Å². The van der Waals surface area contributed by atoms with Crippen molar-refractivity contribution in [3.8, 4) is 0 Å². The van der Waals surface area contributed by atoms with Crippen LogP contribution in [0.2, 0.25) is 0 Å². The third-order valence-electron chi connectivity index (χ3n) is 3.47. The standard InChI is InChI=1S/C17H13F3N2OS/c1-2-15-22-13-8-7-10(9-14(13)24-15)21-16(23)11-5-3-4-6-12(11)17(18,19)20/h3-9H,2H2,1H3,(H,21,23). The maximum absolute atomic E-state index is 13.0. The van der Waals surface area contributed by atoms with Crippen LogP contribution in [-0.2, 0) is 12.6 Å². The highest BCUT2D eigenvalue weighted by atomic mass is 32.1. The molecule has 1 amide bonds. The van der Waals surface area contributed by atoms with Crippen LogP contribution in [0, 0.1) is 0 Å². The number of amides is 1. The largest absolute Gasteiger partial charge is 0.417 e. The highest BCUT2D eigenvalue weighted by molar-refractivity contribution is 7.18. The summed E-state index contributed by atoms with van der Waals surface area (Å²) in [5.74, 6) is -0.789. The normalized spacial score (nSPS) is 11.7. The number of alkyl halides is 3. The number of halogens is 3. The summed E-state index contributed by atoms with van der Waals surface area (Å²) in [5.41, 5.74) is -0.0976. The molecular formula is C17H13F3N2OS. The van der Waals surface area contributed by atoms with Gasteiger partial charge in [0.15, 0.2) is 0 Å². The highest BCUT2D eigenvalue weighted by Crippen LogP contribution is 2.32. The van der Waals surface area contributed by atoms with E-state index in [4.69, 9.17) is 0 Å². The van der Waals surface area contributed by atoms with Gasteiger partial charge in [-0.05, 0) is 36.8 Å². The Kier molecular flexibility index (Phi) is 4.28. The first-order chi connectivity index (χ1) is 11.4. The predicted octanol–water partition coefficient (Wildman–Crippen LogP) is 5.13. The Morgan fingerprint density at radius 1 is 1.21 bits per heavy atom. The molecule has 0 atom stereocenters. The Labute approximate surface area is 140 Å². The number of anilines is 1. The molecule has 1 aromatic heterocycles.